The van der Waals surface area contributed by atoms with Crippen LogP contribution in [0.1, 0.15) is 13.3 Å². The summed E-state index contributed by atoms with van der Waals surface area (Å²) in [5.74, 6) is -2.12. The number of nitrogens with zero attached hydrogens (tertiary/aromatic N) is 2. The van der Waals surface area contributed by atoms with Gasteiger partial charge in [0.2, 0.25) is 5.91 Å². The highest BCUT2D eigenvalue weighted by Gasteiger charge is 2.39. The Balaban J connectivity index is 4.50. The average Bonchev–Trinajstić information content (AvgIpc) is 2.05. The van der Waals surface area contributed by atoms with Crippen LogP contribution < -0.4 is 0 Å². The van der Waals surface area contributed by atoms with Crippen molar-refractivity contribution in [3.8, 4) is 0 Å². The van der Waals surface area contributed by atoms with E-state index in [1.165, 1.54) is 7.05 Å². The van der Waals surface area contributed by atoms with E-state index in [-0.39, 0.29) is 17.4 Å². The van der Waals surface area contributed by atoms with E-state index in [1.54, 1.807) is 0 Å². The maximum Gasteiger partial charge on any atom is 0.412 e. The fourth-order valence-electron chi connectivity index (χ4n) is 1.07. The summed E-state index contributed by atoms with van der Waals surface area (Å²) < 4.78 is 21.5. The molecule has 0 atom stereocenters. The highest BCUT2D eigenvalue weighted by Crippen LogP contribution is 2.57. The molecule has 0 radical (unpaired) electrons. The molecule has 0 heterocycles. The minimum Gasteiger partial charge on any atom is -0.353 e. The maximum atomic E-state index is 10.9. The van der Waals surface area contributed by atoms with E-state index < -0.39 is 27.9 Å². The molecule has 10 nitrogen and oxygen atoms in total. The third-order valence-electron chi connectivity index (χ3n) is 2.18. The average molecular weight is 308 g/mol. The Morgan fingerprint density at radius 3 is 1.67 bits per heavy atom. The zero-order chi connectivity index (χ0) is 14.8. The lowest BCUT2D eigenvalue weighted by Crippen LogP contribution is -2.44. The molecule has 18 heavy (non-hydrogen) atoms. The van der Waals surface area contributed by atoms with Gasteiger partial charge in [-0.05, 0) is 13.5 Å². The van der Waals surface area contributed by atoms with Crippen molar-refractivity contribution in [2.45, 2.75) is 19.3 Å². The molecule has 0 fully saturated rings. The second-order valence-corrected chi connectivity index (χ2v) is 7.20. The molecule has 0 aliphatic rings. The number of rotatable bonds is 7. The van der Waals surface area contributed by atoms with Gasteiger partial charge in [-0.15, -0.1) is 4.44 Å². The number of hydrogen-bond acceptors (Lipinski definition) is 5. The van der Waals surface area contributed by atoms with Crippen LogP contribution in [-0.2, 0) is 9.13 Å². The quantitative estimate of drug-likeness (QED) is 0.240. The maximum absolute atomic E-state index is 10.9. The fraction of sp³-hybridized carbons (Fsp3) is 1.00. The molecular formula is C6H18N2O8P2. The lowest BCUT2D eigenvalue weighted by Gasteiger charge is -2.29. The van der Waals surface area contributed by atoms with Crippen LogP contribution in [0.2, 0.25) is 0 Å². The molecule has 0 saturated carbocycles. The predicted octanol–water partition coefficient (Wildman–Crippen LogP) is -1.55. The largest absolute Gasteiger partial charge is 0.412 e. The topological polar surface area (TPSA) is 162 Å². The Kier molecular flexibility index (Phi) is 6.11. The highest BCUT2D eigenvalue weighted by molar-refractivity contribution is 7.65. The van der Waals surface area contributed by atoms with Crippen LogP contribution in [0, 0.1) is 0 Å². The fourth-order valence-corrected chi connectivity index (χ4v) is 3.09. The molecule has 0 amide bonds. The van der Waals surface area contributed by atoms with Crippen molar-refractivity contribution in [2.75, 3.05) is 20.1 Å². The van der Waals surface area contributed by atoms with Crippen molar-refractivity contribution in [1.29, 1.82) is 0 Å². The molecule has 6 N–H and O–H groups in total. The van der Waals surface area contributed by atoms with Gasteiger partial charge in [-0.25, -0.2) is 9.13 Å². The van der Waals surface area contributed by atoms with E-state index in [4.69, 9.17) is 29.8 Å². The van der Waals surface area contributed by atoms with E-state index in [1.807, 2.05) is 0 Å². The SMILES string of the molecule is CN(CCCN(P(=O)(O)O)P(=O)(O)O)C(C)(O)O. The first kappa shape index (κ1) is 18.1. The number of hydrogen-bond donors (Lipinski definition) is 6. The summed E-state index contributed by atoms with van der Waals surface area (Å²) in [6, 6.07) is 0. The predicted molar refractivity (Wildman–Crippen MR) is 60.9 cm³/mol. The van der Waals surface area contributed by atoms with Crippen LogP contribution in [0.25, 0.3) is 0 Å². The standard InChI is InChI=1S/C6H18N2O8P2/c1-6(9,10)7(2)4-3-5-8(17(11,12)13)18(14,15)16/h9-10H,3-5H2,1-2H3,(H2,11,12,13)(H2,14,15,16). The minimum absolute atomic E-state index is 0.0278. The molecule has 0 aromatic rings. The Morgan fingerprint density at radius 2 is 1.39 bits per heavy atom. The Morgan fingerprint density at radius 1 is 1.00 bits per heavy atom. The van der Waals surface area contributed by atoms with E-state index in [9.17, 15) is 9.13 Å². The highest BCUT2D eigenvalue weighted by atomic mass is 31.3. The first-order valence-electron chi connectivity index (χ1n) is 4.82. The third-order valence-corrected chi connectivity index (χ3v) is 5.18. The third kappa shape index (κ3) is 6.35. The van der Waals surface area contributed by atoms with Crippen LogP contribution in [0.4, 0.5) is 0 Å². The molecule has 0 aromatic carbocycles. The summed E-state index contributed by atoms with van der Waals surface area (Å²) in [4.78, 5) is 36.1. The molecular weight excluding hydrogens is 290 g/mol. The molecule has 0 aromatic heterocycles. The second kappa shape index (κ2) is 6.06. The van der Waals surface area contributed by atoms with E-state index >= 15 is 0 Å². The van der Waals surface area contributed by atoms with Gasteiger partial charge in [-0.2, -0.15) is 0 Å². The second-order valence-electron chi connectivity index (χ2n) is 3.87. The molecule has 0 saturated heterocycles. The van der Waals surface area contributed by atoms with Gasteiger partial charge in [-0.1, -0.05) is 0 Å². The van der Waals surface area contributed by atoms with Crippen molar-refractivity contribution >= 4 is 15.5 Å². The van der Waals surface area contributed by atoms with Gasteiger partial charge in [0.05, 0.1) is 0 Å². The van der Waals surface area contributed by atoms with E-state index in [0.29, 0.717) is 0 Å². The van der Waals surface area contributed by atoms with Gasteiger partial charge in [0.25, 0.3) is 0 Å². The van der Waals surface area contributed by atoms with Gasteiger partial charge >= 0.3 is 15.5 Å². The van der Waals surface area contributed by atoms with Crippen molar-refractivity contribution in [3.05, 3.63) is 0 Å². The molecule has 0 unspecified atom stereocenters. The Labute approximate surface area is 104 Å². The van der Waals surface area contributed by atoms with Crippen molar-refractivity contribution in [3.63, 3.8) is 0 Å². The Bertz CT molecular complexity index is 335. The summed E-state index contributed by atoms with van der Waals surface area (Å²) in [6.07, 6.45) is -0.0799. The summed E-state index contributed by atoms with van der Waals surface area (Å²) in [5, 5.41) is 18.3. The van der Waals surface area contributed by atoms with Gasteiger partial charge in [-0.3, -0.25) is 4.90 Å². The lowest BCUT2D eigenvalue weighted by molar-refractivity contribution is -0.242. The summed E-state index contributed by atoms with van der Waals surface area (Å²) in [6.45, 7) is 0.464. The van der Waals surface area contributed by atoms with Gasteiger partial charge in [0.15, 0.2) is 0 Å². The first-order chi connectivity index (χ1) is 7.76. The zero-order valence-corrected chi connectivity index (χ0v) is 11.7. The Hall–Kier alpha value is 0.140. The normalized spacial score (nSPS) is 14.6. The van der Waals surface area contributed by atoms with Crippen LogP contribution >= 0.6 is 15.5 Å². The van der Waals surface area contributed by atoms with Gasteiger partial charge in [0.1, 0.15) is 0 Å². The summed E-state index contributed by atoms with van der Waals surface area (Å²) >= 11 is 0. The zero-order valence-electron chi connectivity index (χ0n) is 9.91. The summed E-state index contributed by atoms with van der Waals surface area (Å²) in [5.41, 5.74) is 0. The molecule has 12 heteroatoms. The van der Waals surface area contributed by atoms with Crippen LogP contribution in [0.3, 0.4) is 0 Å². The monoisotopic (exact) mass is 308 g/mol. The van der Waals surface area contributed by atoms with Crippen molar-refractivity contribution in [1.82, 2.24) is 9.34 Å². The smallest absolute Gasteiger partial charge is 0.353 e. The lowest BCUT2D eigenvalue weighted by atomic mass is 10.3. The summed E-state index contributed by atoms with van der Waals surface area (Å²) in [7, 11) is -8.81. The molecule has 0 bridgehead atoms. The first-order valence-corrected chi connectivity index (χ1v) is 7.95. The van der Waals surface area contributed by atoms with Crippen molar-refractivity contribution in [2.24, 2.45) is 0 Å². The molecule has 0 aliphatic heterocycles. The van der Waals surface area contributed by atoms with E-state index in [0.717, 1.165) is 11.8 Å². The van der Waals surface area contributed by atoms with Crippen LogP contribution in [0.15, 0.2) is 0 Å². The minimum atomic E-state index is -5.07. The number of aliphatic hydroxyl groups is 2. The van der Waals surface area contributed by atoms with Crippen LogP contribution in [-0.4, -0.2) is 65.2 Å². The molecule has 0 aliphatic carbocycles. The van der Waals surface area contributed by atoms with Gasteiger partial charge < -0.3 is 29.8 Å². The molecule has 0 spiro atoms. The van der Waals surface area contributed by atoms with Gasteiger partial charge in [0, 0.05) is 20.0 Å². The van der Waals surface area contributed by atoms with Crippen molar-refractivity contribution < 1.29 is 38.9 Å². The molecule has 110 valence electrons. The van der Waals surface area contributed by atoms with Crippen LogP contribution in [0.5, 0.6) is 0 Å². The van der Waals surface area contributed by atoms with E-state index in [2.05, 4.69) is 0 Å². The molecule has 0 rings (SSSR count).